The second kappa shape index (κ2) is 7.23. The van der Waals surface area contributed by atoms with Gasteiger partial charge in [-0.25, -0.2) is 9.97 Å². The van der Waals surface area contributed by atoms with Gasteiger partial charge in [-0.15, -0.1) is 0 Å². The molecule has 1 aliphatic rings. The molecule has 1 N–H and O–H groups in total. The highest BCUT2D eigenvalue weighted by Crippen LogP contribution is 2.15. The number of hydrogen-bond acceptors (Lipinski definition) is 4. The highest BCUT2D eigenvalue weighted by atomic mass is 79.9. The van der Waals surface area contributed by atoms with Crippen molar-refractivity contribution in [3.05, 3.63) is 46.7 Å². The van der Waals surface area contributed by atoms with Crippen LogP contribution in [-0.2, 0) is 0 Å². The summed E-state index contributed by atoms with van der Waals surface area (Å²) in [4.78, 5) is 13.1. The summed E-state index contributed by atoms with van der Waals surface area (Å²) in [5.41, 5.74) is 2.27. The van der Waals surface area contributed by atoms with E-state index in [0.29, 0.717) is 0 Å². The standard InChI is InChI=1S/C16H18BrN5S/c1-12-2-4-14(5-3-12)20-16(23)22-8-6-21(7-9-22)15-18-10-13(17)11-19-15/h2-5,10-11H,6-9H2,1H3,(H,20,23). The van der Waals surface area contributed by atoms with Crippen LogP contribution in [0.25, 0.3) is 0 Å². The average Bonchev–Trinajstić information content (AvgIpc) is 2.58. The Morgan fingerprint density at radius 3 is 2.30 bits per heavy atom. The number of benzene rings is 1. The van der Waals surface area contributed by atoms with E-state index in [9.17, 15) is 0 Å². The molecule has 0 saturated carbocycles. The quantitative estimate of drug-likeness (QED) is 0.793. The van der Waals surface area contributed by atoms with Gasteiger partial charge in [0.05, 0.1) is 4.47 Å². The lowest BCUT2D eigenvalue weighted by molar-refractivity contribution is 0.388. The van der Waals surface area contributed by atoms with Crippen LogP contribution in [-0.4, -0.2) is 46.2 Å². The Morgan fingerprint density at radius 2 is 1.70 bits per heavy atom. The SMILES string of the molecule is Cc1ccc(NC(=S)N2CCN(c3ncc(Br)cn3)CC2)cc1. The fraction of sp³-hybridized carbons (Fsp3) is 0.312. The number of thiocarbonyl (C=S) groups is 1. The Bertz CT molecular complexity index is 666. The predicted octanol–water partition coefficient (Wildman–Crippen LogP) is 3.07. The Morgan fingerprint density at radius 1 is 1.09 bits per heavy atom. The number of nitrogens with one attached hydrogen (secondary N) is 1. The third kappa shape index (κ3) is 4.17. The van der Waals surface area contributed by atoms with E-state index in [0.717, 1.165) is 47.4 Å². The van der Waals surface area contributed by atoms with E-state index in [2.05, 4.69) is 60.1 Å². The number of aryl methyl sites for hydroxylation is 1. The molecule has 0 radical (unpaired) electrons. The number of rotatable bonds is 2. The normalized spacial score (nSPS) is 14.7. The molecule has 0 unspecified atom stereocenters. The van der Waals surface area contributed by atoms with E-state index in [-0.39, 0.29) is 0 Å². The van der Waals surface area contributed by atoms with Crippen molar-refractivity contribution in [3.8, 4) is 0 Å². The van der Waals surface area contributed by atoms with E-state index in [1.165, 1.54) is 5.56 Å². The fourth-order valence-electron chi connectivity index (χ4n) is 2.42. The third-order valence-electron chi connectivity index (χ3n) is 3.76. The van der Waals surface area contributed by atoms with Crippen molar-refractivity contribution >= 4 is 44.9 Å². The highest BCUT2D eigenvalue weighted by molar-refractivity contribution is 9.10. The van der Waals surface area contributed by atoms with Gasteiger partial charge in [-0.1, -0.05) is 17.7 Å². The average molecular weight is 392 g/mol. The first-order chi connectivity index (χ1) is 11.1. The number of halogens is 1. The Hall–Kier alpha value is -1.73. The number of nitrogens with zero attached hydrogens (tertiary/aromatic N) is 4. The van der Waals surface area contributed by atoms with Crippen LogP contribution in [0.15, 0.2) is 41.1 Å². The number of aromatic nitrogens is 2. The van der Waals surface area contributed by atoms with Gasteiger partial charge in [0, 0.05) is 44.3 Å². The smallest absolute Gasteiger partial charge is 0.225 e. The van der Waals surface area contributed by atoms with E-state index in [1.54, 1.807) is 12.4 Å². The van der Waals surface area contributed by atoms with Gasteiger partial charge in [-0.05, 0) is 47.2 Å². The monoisotopic (exact) mass is 391 g/mol. The van der Waals surface area contributed by atoms with Gasteiger partial charge in [0.25, 0.3) is 0 Å². The molecule has 2 heterocycles. The lowest BCUT2D eigenvalue weighted by Gasteiger charge is -2.36. The zero-order valence-corrected chi connectivity index (χ0v) is 15.3. The van der Waals surface area contributed by atoms with Gasteiger partial charge >= 0.3 is 0 Å². The molecule has 0 atom stereocenters. The molecule has 23 heavy (non-hydrogen) atoms. The van der Waals surface area contributed by atoms with Crippen molar-refractivity contribution in [2.24, 2.45) is 0 Å². The molecule has 0 bridgehead atoms. The molecule has 0 spiro atoms. The minimum Gasteiger partial charge on any atom is -0.345 e. The fourth-order valence-corrected chi connectivity index (χ4v) is 2.92. The zero-order valence-electron chi connectivity index (χ0n) is 12.9. The topological polar surface area (TPSA) is 44.3 Å². The maximum absolute atomic E-state index is 5.52. The van der Waals surface area contributed by atoms with Crippen LogP contribution in [0.1, 0.15) is 5.56 Å². The van der Waals surface area contributed by atoms with Crippen molar-refractivity contribution < 1.29 is 0 Å². The minimum absolute atomic E-state index is 0.769. The first kappa shape index (κ1) is 16.1. The molecule has 1 fully saturated rings. The minimum atomic E-state index is 0.769. The maximum atomic E-state index is 5.52. The van der Waals surface area contributed by atoms with Crippen molar-refractivity contribution in [2.75, 3.05) is 36.4 Å². The van der Waals surface area contributed by atoms with Gasteiger partial charge in [0.1, 0.15) is 0 Å². The van der Waals surface area contributed by atoms with E-state index in [4.69, 9.17) is 12.2 Å². The molecule has 1 aromatic carbocycles. The largest absolute Gasteiger partial charge is 0.345 e. The van der Waals surface area contributed by atoms with Crippen LogP contribution in [0, 0.1) is 6.92 Å². The Balaban J connectivity index is 1.54. The molecule has 2 aromatic rings. The lowest BCUT2D eigenvalue weighted by atomic mass is 10.2. The van der Waals surface area contributed by atoms with Crippen LogP contribution in [0.2, 0.25) is 0 Å². The molecule has 5 nitrogen and oxygen atoms in total. The van der Waals surface area contributed by atoms with E-state index >= 15 is 0 Å². The summed E-state index contributed by atoms with van der Waals surface area (Å²) in [6.07, 6.45) is 3.55. The van der Waals surface area contributed by atoms with Crippen LogP contribution in [0.5, 0.6) is 0 Å². The molecule has 7 heteroatoms. The number of hydrogen-bond donors (Lipinski definition) is 1. The van der Waals surface area contributed by atoms with Crippen LogP contribution >= 0.6 is 28.1 Å². The van der Waals surface area contributed by atoms with Crippen molar-refractivity contribution in [1.82, 2.24) is 14.9 Å². The van der Waals surface area contributed by atoms with E-state index in [1.807, 2.05) is 12.1 Å². The maximum Gasteiger partial charge on any atom is 0.225 e. The molecule has 3 rings (SSSR count). The number of piperazine rings is 1. The lowest BCUT2D eigenvalue weighted by Crippen LogP contribution is -2.50. The van der Waals surface area contributed by atoms with Gasteiger partial charge < -0.3 is 15.1 Å². The molecular weight excluding hydrogens is 374 g/mol. The number of anilines is 2. The second-order valence-corrected chi connectivity index (χ2v) is 6.77. The van der Waals surface area contributed by atoms with Crippen molar-refractivity contribution in [2.45, 2.75) is 6.92 Å². The summed E-state index contributed by atoms with van der Waals surface area (Å²) < 4.78 is 0.892. The molecule has 0 amide bonds. The molecule has 1 aromatic heterocycles. The molecule has 120 valence electrons. The van der Waals surface area contributed by atoms with Crippen LogP contribution in [0.4, 0.5) is 11.6 Å². The first-order valence-electron chi connectivity index (χ1n) is 7.47. The summed E-state index contributed by atoms with van der Waals surface area (Å²) in [5.74, 6) is 0.769. The molecule has 1 aliphatic heterocycles. The summed E-state index contributed by atoms with van der Waals surface area (Å²) in [6.45, 7) is 5.51. The summed E-state index contributed by atoms with van der Waals surface area (Å²) >= 11 is 8.88. The predicted molar refractivity (Wildman–Crippen MR) is 101 cm³/mol. The zero-order chi connectivity index (χ0) is 16.2. The highest BCUT2D eigenvalue weighted by Gasteiger charge is 2.20. The summed E-state index contributed by atoms with van der Waals surface area (Å²) in [7, 11) is 0. The first-order valence-corrected chi connectivity index (χ1v) is 8.67. The van der Waals surface area contributed by atoms with E-state index < -0.39 is 0 Å². The molecule has 1 saturated heterocycles. The van der Waals surface area contributed by atoms with Crippen LogP contribution < -0.4 is 10.2 Å². The van der Waals surface area contributed by atoms with Gasteiger partial charge in [-0.3, -0.25) is 0 Å². The van der Waals surface area contributed by atoms with Gasteiger partial charge in [0.15, 0.2) is 5.11 Å². The van der Waals surface area contributed by atoms with Gasteiger partial charge in [-0.2, -0.15) is 0 Å². The molecular formula is C16H18BrN5S. The second-order valence-electron chi connectivity index (χ2n) is 5.47. The van der Waals surface area contributed by atoms with Crippen molar-refractivity contribution in [3.63, 3.8) is 0 Å². The third-order valence-corrected chi connectivity index (χ3v) is 4.53. The van der Waals surface area contributed by atoms with Gasteiger partial charge in [0.2, 0.25) is 5.95 Å². The Labute approximate surface area is 149 Å². The summed E-state index contributed by atoms with van der Waals surface area (Å²) in [6, 6.07) is 8.25. The molecule has 0 aliphatic carbocycles. The van der Waals surface area contributed by atoms with Crippen molar-refractivity contribution in [1.29, 1.82) is 0 Å². The Kier molecular flexibility index (Phi) is 5.07. The van der Waals surface area contributed by atoms with Crippen LogP contribution in [0.3, 0.4) is 0 Å². The summed E-state index contributed by atoms with van der Waals surface area (Å²) in [5, 5.41) is 4.07.